The van der Waals surface area contributed by atoms with Gasteiger partial charge in [0.25, 0.3) is 5.22 Å². The molecule has 28 heavy (non-hydrogen) atoms. The fourth-order valence-electron chi connectivity index (χ4n) is 2.17. The summed E-state index contributed by atoms with van der Waals surface area (Å²) in [6.07, 6.45) is 0. The second-order valence-electron chi connectivity index (χ2n) is 5.57. The highest BCUT2D eigenvalue weighted by Gasteiger charge is 2.21. The number of aromatic nitrogens is 2. The first-order valence-electron chi connectivity index (χ1n) is 7.98. The van der Waals surface area contributed by atoms with Crippen molar-refractivity contribution < 1.29 is 27.1 Å². The van der Waals surface area contributed by atoms with Crippen molar-refractivity contribution in [1.29, 1.82) is 0 Å². The van der Waals surface area contributed by atoms with Crippen molar-refractivity contribution in [3.05, 3.63) is 53.8 Å². The van der Waals surface area contributed by atoms with E-state index in [0.29, 0.717) is 11.3 Å². The molecule has 2 aromatic carbocycles. The minimum absolute atomic E-state index is 0.124. The first kappa shape index (κ1) is 19.7. The summed E-state index contributed by atoms with van der Waals surface area (Å²) in [6.45, 7) is 1.52. The van der Waals surface area contributed by atoms with Gasteiger partial charge in [0.2, 0.25) is 11.8 Å². The van der Waals surface area contributed by atoms with E-state index < -0.39 is 34.3 Å². The van der Waals surface area contributed by atoms with Gasteiger partial charge in [-0.1, -0.05) is 11.8 Å². The first-order valence-corrected chi connectivity index (χ1v) is 8.86. The summed E-state index contributed by atoms with van der Waals surface area (Å²) in [5.74, 6) is -4.17. The minimum atomic E-state index is -1.65. The zero-order valence-corrected chi connectivity index (χ0v) is 15.5. The van der Waals surface area contributed by atoms with Crippen LogP contribution < -0.4 is 10.1 Å². The lowest BCUT2D eigenvalue weighted by Gasteiger charge is -2.11. The lowest BCUT2D eigenvalue weighted by atomic mass is 10.2. The molecule has 0 aliphatic heterocycles. The van der Waals surface area contributed by atoms with E-state index in [4.69, 9.17) is 9.15 Å². The molecule has 6 nitrogen and oxygen atoms in total. The van der Waals surface area contributed by atoms with Crippen LogP contribution in [0.2, 0.25) is 0 Å². The third kappa shape index (κ3) is 4.28. The van der Waals surface area contributed by atoms with E-state index >= 15 is 0 Å². The molecule has 3 aromatic rings. The number of amides is 1. The van der Waals surface area contributed by atoms with Crippen LogP contribution in [0.3, 0.4) is 0 Å². The van der Waals surface area contributed by atoms with Crippen molar-refractivity contribution in [2.75, 3.05) is 12.4 Å². The molecule has 0 saturated heterocycles. The molecule has 0 fully saturated rings. The number of methoxy groups -OCH3 is 1. The van der Waals surface area contributed by atoms with Crippen LogP contribution in [0.5, 0.6) is 5.75 Å². The van der Waals surface area contributed by atoms with E-state index in [0.717, 1.165) is 23.9 Å². The second kappa shape index (κ2) is 8.34. The standard InChI is InChI=1S/C18H14F3N3O3S/c1-9(16(25)22-13-8-7-12(19)14(20)15(13)21)28-18-24-23-17(27-18)10-3-5-11(26-2)6-4-10/h3-9H,1-2H3,(H,22,25)/t9-/m0/s1. The Labute approximate surface area is 162 Å². The molecular formula is C18H14F3N3O3S. The number of anilines is 1. The molecule has 1 aromatic heterocycles. The number of ether oxygens (including phenoxy) is 1. The molecule has 1 atom stereocenters. The van der Waals surface area contributed by atoms with Crippen molar-refractivity contribution in [2.45, 2.75) is 17.4 Å². The highest BCUT2D eigenvalue weighted by molar-refractivity contribution is 8.00. The predicted molar refractivity (Wildman–Crippen MR) is 96.6 cm³/mol. The molecule has 0 radical (unpaired) electrons. The van der Waals surface area contributed by atoms with Crippen molar-refractivity contribution in [2.24, 2.45) is 0 Å². The van der Waals surface area contributed by atoms with Crippen LogP contribution in [0.4, 0.5) is 18.9 Å². The largest absolute Gasteiger partial charge is 0.497 e. The fourth-order valence-corrected chi connectivity index (χ4v) is 2.85. The van der Waals surface area contributed by atoms with E-state index in [2.05, 4.69) is 15.5 Å². The van der Waals surface area contributed by atoms with Crippen molar-refractivity contribution in [3.8, 4) is 17.2 Å². The Morgan fingerprint density at radius 3 is 2.50 bits per heavy atom. The molecule has 0 spiro atoms. The van der Waals surface area contributed by atoms with E-state index in [9.17, 15) is 18.0 Å². The summed E-state index contributed by atoms with van der Waals surface area (Å²) >= 11 is 0.940. The number of hydrogen-bond acceptors (Lipinski definition) is 6. The van der Waals surface area contributed by atoms with Gasteiger partial charge in [0.1, 0.15) is 5.75 Å². The van der Waals surface area contributed by atoms with E-state index in [1.54, 1.807) is 31.4 Å². The van der Waals surface area contributed by atoms with Gasteiger partial charge in [0, 0.05) is 5.56 Å². The minimum Gasteiger partial charge on any atom is -0.497 e. The van der Waals surface area contributed by atoms with E-state index in [1.807, 2.05) is 0 Å². The summed E-state index contributed by atoms with van der Waals surface area (Å²) in [7, 11) is 1.55. The van der Waals surface area contributed by atoms with Crippen LogP contribution in [0.25, 0.3) is 11.5 Å². The normalized spacial score (nSPS) is 11.9. The van der Waals surface area contributed by atoms with Crippen molar-refractivity contribution in [1.82, 2.24) is 10.2 Å². The van der Waals surface area contributed by atoms with Gasteiger partial charge in [-0.25, -0.2) is 13.2 Å². The summed E-state index contributed by atoms with van der Waals surface area (Å²) in [6, 6.07) is 8.62. The summed E-state index contributed by atoms with van der Waals surface area (Å²) in [5.41, 5.74) is 0.210. The number of hydrogen-bond donors (Lipinski definition) is 1. The summed E-state index contributed by atoms with van der Waals surface area (Å²) in [4.78, 5) is 12.2. The van der Waals surface area contributed by atoms with Gasteiger partial charge in [0.05, 0.1) is 18.0 Å². The average Bonchev–Trinajstić information content (AvgIpc) is 3.16. The maximum absolute atomic E-state index is 13.7. The van der Waals surface area contributed by atoms with Gasteiger partial charge in [-0.15, -0.1) is 10.2 Å². The molecule has 0 aliphatic carbocycles. The number of nitrogens with zero attached hydrogens (tertiary/aromatic N) is 2. The number of benzene rings is 2. The molecule has 1 amide bonds. The summed E-state index contributed by atoms with van der Waals surface area (Å²) in [5, 5.41) is 9.33. The fraction of sp³-hybridized carbons (Fsp3) is 0.167. The lowest BCUT2D eigenvalue weighted by molar-refractivity contribution is -0.115. The van der Waals surface area contributed by atoms with Crippen LogP contribution >= 0.6 is 11.8 Å². The maximum Gasteiger partial charge on any atom is 0.277 e. The second-order valence-corrected chi connectivity index (χ2v) is 6.87. The number of halogens is 3. The predicted octanol–water partition coefficient (Wildman–Crippen LogP) is 4.28. The Morgan fingerprint density at radius 2 is 1.82 bits per heavy atom. The third-order valence-electron chi connectivity index (χ3n) is 3.68. The number of carbonyl (C=O) groups is 1. The average molecular weight is 409 g/mol. The Kier molecular flexibility index (Phi) is 5.88. The molecule has 3 rings (SSSR count). The van der Waals surface area contributed by atoms with Crippen LogP contribution in [0.1, 0.15) is 6.92 Å². The molecule has 10 heteroatoms. The van der Waals surface area contributed by atoms with E-state index in [1.165, 1.54) is 6.92 Å². The molecule has 0 aliphatic rings. The number of rotatable bonds is 6. The van der Waals surface area contributed by atoms with Crippen molar-refractivity contribution >= 4 is 23.4 Å². The Hall–Kier alpha value is -3.01. The topological polar surface area (TPSA) is 77.2 Å². The first-order chi connectivity index (χ1) is 13.4. The zero-order chi connectivity index (χ0) is 20.3. The van der Waals surface area contributed by atoms with Gasteiger partial charge in [-0.05, 0) is 43.3 Å². The van der Waals surface area contributed by atoms with Crippen LogP contribution in [0, 0.1) is 17.5 Å². The number of thioether (sulfide) groups is 1. The van der Waals surface area contributed by atoms with Crippen molar-refractivity contribution in [3.63, 3.8) is 0 Å². The molecule has 0 saturated carbocycles. The molecule has 146 valence electrons. The molecule has 0 unspecified atom stereocenters. The van der Waals surface area contributed by atoms with Gasteiger partial charge in [-0.3, -0.25) is 4.79 Å². The van der Waals surface area contributed by atoms with Gasteiger partial charge in [0.15, 0.2) is 17.5 Å². The lowest BCUT2D eigenvalue weighted by Crippen LogP contribution is -2.23. The van der Waals surface area contributed by atoms with Gasteiger partial charge < -0.3 is 14.5 Å². The highest BCUT2D eigenvalue weighted by atomic mass is 32.2. The summed E-state index contributed by atoms with van der Waals surface area (Å²) < 4.78 is 50.5. The highest BCUT2D eigenvalue weighted by Crippen LogP contribution is 2.28. The van der Waals surface area contributed by atoms with E-state index in [-0.39, 0.29) is 11.1 Å². The Morgan fingerprint density at radius 1 is 1.11 bits per heavy atom. The Bertz CT molecular complexity index is 995. The number of nitrogens with one attached hydrogen (secondary N) is 1. The van der Waals surface area contributed by atoms with Crippen LogP contribution in [0.15, 0.2) is 46.0 Å². The molecule has 0 bridgehead atoms. The zero-order valence-electron chi connectivity index (χ0n) is 14.7. The maximum atomic E-state index is 13.7. The quantitative estimate of drug-likeness (QED) is 0.484. The molecule has 1 heterocycles. The van der Waals surface area contributed by atoms with Crippen LogP contribution in [-0.4, -0.2) is 28.5 Å². The molecular weight excluding hydrogens is 395 g/mol. The van der Waals surface area contributed by atoms with Crippen LogP contribution in [-0.2, 0) is 4.79 Å². The monoisotopic (exact) mass is 409 g/mol. The van der Waals surface area contributed by atoms with Gasteiger partial charge in [-0.2, -0.15) is 0 Å². The SMILES string of the molecule is COc1ccc(-c2nnc(S[C@@H](C)C(=O)Nc3ccc(F)c(F)c3F)o2)cc1. The van der Waals surface area contributed by atoms with Gasteiger partial charge >= 0.3 is 0 Å². The molecule has 1 N–H and O–H groups in total. The smallest absolute Gasteiger partial charge is 0.277 e. The number of carbonyl (C=O) groups excluding carboxylic acids is 1. The Balaban J connectivity index is 1.66. The third-order valence-corrected chi connectivity index (χ3v) is 4.62.